The Morgan fingerprint density at radius 2 is 1.68 bits per heavy atom. The minimum absolute atomic E-state index is 0.0577. The van der Waals surface area contributed by atoms with Crippen molar-refractivity contribution in [3.63, 3.8) is 0 Å². The van der Waals surface area contributed by atoms with E-state index in [1.54, 1.807) is 6.07 Å². The molecule has 0 aromatic heterocycles. The summed E-state index contributed by atoms with van der Waals surface area (Å²) in [6, 6.07) is 5.77. The lowest BCUT2D eigenvalue weighted by atomic mass is 9.80. The zero-order valence-electron chi connectivity index (χ0n) is 11.4. The van der Waals surface area contributed by atoms with Crippen molar-refractivity contribution in [2.75, 3.05) is 6.61 Å². The fourth-order valence-corrected chi connectivity index (χ4v) is 3.52. The largest absolute Gasteiger partial charge is 0.504 e. The Balaban J connectivity index is 1.97. The van der Waals surface area contributed by atoms with Crippen LogP contribution in [0.5, 0.6) is 28.7 Å². The molecule has 2 aromatic rings. The van der Waals surface area contributed by atoms with E-state index in [-0.39, 0.29) is 41.8 Å². The molecule has 1 aliphatic carbocycles. The van der Waals surface area contributed by atoms with Crippen molar-refractivity contribution in [3.05, 3.63) is 41.0 Å². The minimum atomic E-state index is -1.22. The molecule has 0 radical (unpaired) electrons. The van der Waals surface area contributed by atoms with Crippen LogP contribution in [-0.2, 0) is 6.42 Å². The number of ether oxygens (including phenoxy) is 1. The zero-order chi connectivity index (χ0) is 15.6. The van der Waals surface area contributed by atoms with E-state index >= 15 is 0 Å². The highest BCUT2D eigenvalue weighted by atomic mass is 16.5. The lowest BCUT2D eigenvalue weighted by Gasteiger charge is -2.36. The van der Waals surface area contributed by atoms with Crippen LogP contribution in [0.4, 0.5) is 0 Å². The van der Waals surface area contributed by atoms with Crippen molar-refractivity contribution in [1.29, 1.82) is 0 Å². The second-order valence-corrected chi connectivity index (χ2v) is 5.89. The fourth-order valence-electron chi connectivity index (χ4n) is 3.52. The molecule has 4 rings (SSSR count). The van der Waals surface area contributed by atoms with Gasteiger partial charge >= 0.3 is 0 Å². The first kappa shape index (κ1) is 13.1. The Hall–Kier alpha value is -2.60. The molecule has 0 saturated carbocycles. The number of aromatic hydroxyl groups is 4. The van der Waals surface area contributed by atoms with E-state index in [9.17, 15) is 25.5 Å². The molecule has 1 heterocycles. The average Bonchev–Trinajstić information content (AvgIpc) is 2.75. The second kappa shape index (κ2) is 3.98. The fraction of sp³-hybridized carbons (Fsp3) is 0.250. The van der Waals surface area contributed by atoms with E-state index in [4.69, 9.17) is 4.74 Å². The third kappa shape index (κ3) is 1.52. The summed E-state index contributed by atoms with van der Waals surface area (Å²) in [5.41, 5.74) is 0.700. The summed E-state index contributed by atoms with van der Waals surface area (Å²) >= 11 is 0. The molecule has 0 fully saturated rings. The number of fused-ring (bicyclic) bond motifs is 5. The van der Waals surface area contributed by atoms with Gasteiger partial charge in [-0.05, 0) is 29.3 Å². The first-order chi connectivity index (χ1) is 10.4. The lowest BCUT2D eigenvalue weighted by molar-refractivity contribution is -0.0228. The second-order valence-electron chi connectivity index (χ2n) is 5.89. The number of rotatable bonds is 0. The van der Waals surface area contributed by atoms with Crippen LogP contribution in [0.1, 0.15) is 22.6 Å². The molecule has 5 N–H and O–H groups in total. The van der Waals surface area contributed by atoms with E-state index < -0.39 is 11.5 Å². The smallest absolute Gasteiger partial charge is 0.200 e. The Kier molecular flexibility index (Phi) is 2.37. The van der Waals surface area contributed by atoms with E-state index in [0.29, 0.717) is 16.7 Å². The molecule has 6 heteroatoms. The van der Waals surface area contributed by atoms with Crippen molar-refractivity contribution in [2.45, 2.75) is 17.9 Å². The Morgan fingerprint density at radius 3 is 2.45 bits per heavy atom. The molecule has 114 valence electrons. The van der Waals surface area contributed by atoms with Crippen LogP contribution in [-0.4, -0.2) is 37.7 Å². The molecule has 1 aliphatic heterocycles. The minimum Gasteiger partial charge on any atom is -0.504 e. The van der Waals surface area contributed by atoms with Gasteiger partial charge in [0.2, 0.25) is 5.75 Å². The highest BCUT2D eigenvalue weighted by molar-refractivity contribution is 5.63. The number of aliphatic hydroxyl groups is 1. The van der Waals surface area contributed by atoms with Crippen LogP contribution in [0.2, 0.25) is 0 Å². The predicted octanol–water partition coefficient (Wildman–Crippen LogP) is 1.32. The summed E-state index contributed by atoms with van der Waals surface area (Å²) in [5.74, 6) is -1.54. The van der Waals surface area contributed by atoms with Crippen molar-refractivity contribution in [2.24, 2.45) is 0 Å². The third-order valence-electron chi connectivity index (χ3n) is 4.50. The van der Waals surface area contributed by atoms with Gasteiger partial charge < -0.3 is 30.3 Å². The van der Waals surface area contributed by atoms with Gasteiger partial charge in [-0.15, -0.1) is 0 Å². The number of phenolic OH excluding ortho intramolecular Hbond substituents is 4. The van der Waals surface area contributed by atoms with Crippen LogP contribution in [0.25, 0.3) is 0 Å². The summed E-state index contributed by atoms with van der Waals surface area (Å²) in [5, 5.41) is 49.8. The van der Waals surface area contributed by atoms with Crippen molar-refractivity contribution in [1.82, 2.24) is 0 Å². The topological polar surface area (TPSA) is 110 Å². The number of benzene rings is 2. The first-order valence-corrected chi connectivity index (χ1v) is 6.85. The molecule has 6 nitrogen and oxygen atoms in total. The van der Waals surface area contributed by atoms with Gasteiger partial charge in [-0.2, -0.15) is 0 Å². The molecule has 2 atom stereocenters. The zero-order valence-corrected chi connectivity index (χ0v) is 11.4. The maximum absolute atomic E-state index is 10.9. The molecule has 0 spiro atoms. The van der Waals surface area contributed by atoms with Gasteiger partial charge in [0, 0.05) is 17.9 Å². The van der Waals surface area contributed by atoms with E-state index in [0.717, 1.165) is 0 Å². The van der Waals surface area contributed by atoms with Gasteiger partial charge in [0.15, 0.2) is 23.0 Å². The van der Waals surface area contributed by atoms with Gasteiger partial charge in [0.25, 0.3) is 0 Å². The third-order valence-corrected chi connectivity index (χ3v) is 4.50. The van der Waals surface area contributed by atoms with E-state index in [2.05, 4.69) is 0 Å². The van der Waals surface area contributed by atoms with Crippen LogP contribution >= 0.6 is 0 Å². The van der Waals surface area contributed by atoms with Gasteiger partial charge in [-0.3, -0.25) is 0 Å². The highest BCUT2D eigenvalue weighted by Gasteiger charge is 2.51. The quantitative estimate of drug-likeness (QED) is 0.469. The summed E-state index contributed by atoms with van der Waals surface area (Å²) in [6.07, 6.45) is 0.266. The maximum atomic E-state index is 10.9. The van der Waals surface area contributed by atoms with Crippen molar-refractivity contribution < 1.29 is 30.3 Å². The Morgan fingerprint density at radius 1 is 0.955 bits per heavy atom. The molecule has 2 aliphatic rings. The highest BCUT2D eigenvalue weighted by Crippen LogP contribution is 2.55. The number of phenols is 4. The van der Waals surface area contributed by atoms with Crippen LogP contribution < -0.4 is 4.74 Å². The summed E-state index contributed by atoms with van der Waals surface area (Å²) in [4.78, 5) is 0. The maximum Gasteiger partial charge on any atom is 0.200 e. The molecule has 22 heavy (non-hydrogen) atoms. The lowest BCUT2D eigenvalue weighted by Crippen LogP contribution is -2.43. The Labute approximate surface area is 125 Å². The predicted molar refractivity (Wildman–Crippen MR) is 75.5 cm³/mol. The summed E-state index contributed by atoms with van der Waals surface area (Å²) in [6.45, 7) is -0.0577. The van der Waals surface area contributed by atoms with Crippen LogP contribution in [0, 0.1) is 0 Å². The van der Waals surface area contributed by atoms with E-state index in [1.807, 2.05) is 0 Å². The molecule has 2 aromatic carbocycles. The Bertz CT molecular complexity index is 800. The van der Waals surface area contributed by atoms with Gasteiger partial charge in [0.05, 0.1) is 0 Å². The molecular weight excluding hydrogens is 288 g/mol. The molecule has 0 amide bonds. The first-order valence-electron chi connectivity index (χ1n) is 6.85. The monoisotopic (exact) mass is 302 g/mol. The molecule has 0 saturated heterocycles. The molecule has 0 bridgehead atoms. The van der Waals surface area contributed by atoms with Crippen LogP contribution in [0.3, 0.4) is 0 Å². The molecular formula is C16H14O6. The van der Waals surface area contributed by atoms with Gasteiger partial charge in [0.1, 0.15) is 12.2 Å². The summed E-state index contributed by atoms with van der Waals surface area (Å²) < 4.78 is 5.46. The normalized spacial score (nSPS) is 25.0. The number of hydrogen-bond donors (Lipinski definition) is 5. The SMILES string of the molecule is Oc1cc2c(cc1O)[C@@H]1c3ccc(O)c(O)c3OCC1(O)C2. The van der Waals surface area contributed by atoms with Crippen LogP contribution in [0.15, 0.2) is 24.3 Å². The standard InChI is InChI=1S/C16H14O6/c17-10-2-1-8-13-9-4-12(19)11(18)3-7(9)5-16(13,21)6-22-15(8)14(10)20/h1-4,13,17-21H,5-6H2/t13-,16?/m0/s1. The summed E-state index contributed by atoms with van der Waals surface area (Å²) in [7, 11) is 0. The van der Waals surface area contributed by atoms with Crippen molar-refractivity contribution >= 4 is 0 Å². The average molecular weight is 302 g/mol. The van der Waals surface area contributed by atoms with Gasteiger partial charge in [-0.1, -0.05) is 6.07 Å². The molecule has 1 unspecified atom stereocenters. The number of hydrogen-bond acceptors (Lipinski definition) is 6. The van der Waals surface area contributed by atoms with Gasteiger partial charge in [-0.25, -0.2) is 0 Å². The van der Waals surface area contributed by atoms with E-state index in [1.165, 1.54) is 18.2 Å². The van der Waals surface area contributed by atoms with Crippen molar-refractivity contribution in [3.8, 4) is 28.7 Å².